The molecule has 1 atom stereocenters. The van der Waals surface area contributed by atoms with Gasteiger partial charge in [0.05, 0.1) is 22.5 Å². The van der Waals surface area contributed by atoms with Crippen molar-refractivity contribution in [2.45, 2.75) is 39.0 Å². The molecule has 0 saturated carbocycles. The topological polar surface area (TPSA) is 86.8 Å². The van der Waals surface area contributed by atoms with E-state index in [0.717, 1.165) is 29.5 Å². The highest BCUT2D eigenvalue weighted by Crippen LogP contribution is 2.36. The molecule has 0 aromatic heterocycles. The highest BCUT2D eigenvalue weighted by molar-refractivity contribution is 7.92. The van der Waals surface area contributed by atoms with E-state index in [0.29, 0.717) is 15.9 Å². The van der Waals surface area contributed by atoms with Crippen LogP contribution in [0, 0.1) is 6.92 Å². The molecule has 0 spiro atoms. The van der Waals surface area contributed by atoms with E-state index < -0.39 is 51.9 Å². The summed E-state index contributed by atoms with van der Waals surface area (Å²) in [4.78, 5) is 28.5. The van der Waals surface area contributed by atoms with E-state index in [2.05, 4.69) is 5.32 Å². The average Bonchev–Trinajstić information content (AvgIpc) is 2.90. The first-order valence-corrected chi connectivity index (χ1v) is 14.9. The lowest BCUT2D eigenvalue weighted by molar-refractivity contribution is -0.140. The van der Waals surface area contributed by atoms with Gasteiger partial charge in [-0.3, -0.25) is 13.9 Å². The number of rotatable bonds is 11. The number of anilines is 1. The molecular formula is C29H31ClF3N3O4S. The molecule has 2 amide bonds. The number of nitrogens with one attached hydrogen (secondary N) is 1. The standard InChI is InChI=1S/C29H31ClF3N3O4S/c1-4-34-28(38)26(16-21-8-6-5-7-9-21)35(18-22-12-10-20(2)11-13-22)27(37)19-36(41(3,39)40)25-17-23(29(31,32)33)14-15-24(25)30/h5-15,17,26H,4,16,18-19H2,1-3H3,(H,34,38)/t26-/m0/s1. The molecule has 3 rings (SSSR count). The average molecular weight is 610 g/mol. The molecule has 41 heavy (non-hydrogen) atoms. The number of aryl methyl sites for hydroxylation is 1. The maximum absolute atomic E-state index is 14.0. The number of alkyl halides is 3. The van der Waals surface area contributed by atoms with Crippen LogP contribution in [0.3, 0.4) is 0 Å². The summed E-state index contributed by atoms with van der Waals surface area (Å²) >= 11 is 6.15. The third-order valence-corrected chi connectivity index (χ3v) is 7.76. The minimum Gasteiger partial charge on any atom is -0.355 e. The van der Waals surface area contributed by atoms with E-state index in [-0.39, 0.29) is 24.5 Å². The molecule has 12 heteroatoms. The Balaban J connectivity index is 2.09. The van der Waals surface area contributed by atoms with Gasteiger partial charge in [-0.15, -0.1) is 0 Å². The van der Waals surface area contributed by atoms with Crippen molar-refractivity contribution < 1.29 is 31.2 Å². The van der Waals surface area contributed by atoms with Crippen molar-refractivity contribution in [1.29, 1.82) is 0 Å². The van der Waals surface area contributed by atoms with E-state index >= 15 is 0 Å². The van der Waals surface area contributed by atoms with Crippen LogP contribution in [0.25, 0.3) is 0 Å². The fourth-order valence-corrected chi connectivity index (χ4v) is 5.33. The predicted octanol–water partition coefficient (Wildman–Crippen LogP) is 5.21. The van der Waals surface area contributed by atoms with Gasteiger partial charge >= 0.3 is 6.18 Å². The molecule has 0 bridgehead atoms. The molecule has 1 N–H and O–H groups in total. The van der Waals surface area contributed by atoms with E-state index in [1.54, 1.807) is 43.3 Å². The molecule has 0 unspecified atom stereocenters. The highest BCUT2D eigenvalue weighted by Gasteiger charge is 2.35. The van der Waals surface area contributed by atoms with Gasteiger partial charge < -0.3 is 10.2 Å². The monoisotopic (exact) mass is 609 g/mol. The quantitative estimate of drug-likeness (QED) is 0.323. The van der Waals surface area contributed by atoms with E-state index in [4.69, 9.17) is 11.6 Å². The van der Waals surface area contributed by atoms with Crippen LogP contribution < -0.4 is 9.62 Å². The van der Waals surface area contributed by atoms with Gasteiger partial charge in [-0.05, 0) is 43.2 Å². The van der Waals surface area contributed by atoms with Gasteiger partial charge in [0, 0.05) is 19.5 Å². The fourth-order valence-electron chi connectivity index (χ4n) is 4.21. The Morgan fingerprint density at radius 2 is 1.61 bits per heavy atom. The highest BCUT2D eigenvalue weighted by atomic mass is 35.5. The number of hydrogen-bond donors (Lipinski definition) is 1. The molecule has 0 aliphatic carbocycles. The van der Waals surface area contributed by atoms with Crippen LogP contribution in [0.5, 0.6) is 0 Å². The van der Waals surface area contributed by atoms with Gasteiger partial charge in [-0.1, -0.05) is 71.8 Å². The molecule has 7 nitrogen and oxygen atoms in total. The zero-order chi connectivity index (χ0) is 30.4. The maximum atomic E-state index is 14.0. The van der Waals surface area contributed by atoms with E-state index in [9.17, 15) is 31.2 Å². The number of likely N-dealkylation sites (N-methyl/N-ethyl adjacent to an activating group) is 1. The number of amides is 2. The second-order valence-electron chi connectivity index (χ2n) is 9.54. The minimum atomic E-state index is -4.77. The first-order valence-electron chi connectivity index (χ1n) is 12.7. The van der Waals surface area contributed by atoms with Crippen LogP contribution in [0.15, 0.2) is 72.8 Å². The number of carbonyl (C=O) groups excluding carboxylic acids is 2. The van der Waals surface area contributed by atoms with Crippen LogP contribution in [-0.4, -0.2) is 50.5 Å². The van der Waals surface area contributed by atoms with Crippen molar-refractivity contribution in [3.8, 4) is 0 Å². The summed E-state index contributed by atoms with van der Waals surface area (Å²) in [6.07, 6.45) is -3.89. The number of nitrogens with zero attached hydrogens (tertiary/aromatic N) is 2. The molecule has 3 aromatic carbocycles. The zero-order valence-electron chi connectivity index (χ0n) is 22.8. The lowest BCUT2D eigenvalue weighted by atomic mass is 10.0. The lowest BCUT2D eigenvalue weighted by Crippen LogP contribution is -2.53. The van der Waals surface area contributed by atoms with Gasteiger partial charge in [0.2, 0.25) is 21.8 Å². The molecule has 0 saturated heterocycles. The Morgan fingerprint density at radius 1 is 0.976 bits per heavy atom. The molecule has 0 fully saturated rings. The SMILES string of the molecule is CCNC(=O)[C@H](Cc1ccccc1)N(Cc1ccc(C)cc1)C(=O)CN(c1cc(C(F)(F)F)ccc1Cl)S(C)(=O)=O. The second-order valence-corrected chi connectivity index (χ2v) is 11.9. The summed E-state index contributed by atoms with van der Waals surface area (Å²) < 4.78 is 66.6. The largest absolute Gasteiger partial charge is 0.416 e. The number of benzene rings is 3. The summed E-state index contributed by atoms with van der Waals surface area (Å²) in [5.74, 6) is -1.25. The van der Waals surface area contributed by atoms with E-state index in [1.807, 2.05) is 25.1 Å². The number of hydrogen-bond acceptors (Lipinski definition) is 4. The predicted molar refractivity (Wildman–Crippen MR) is 153 cm³/mol. The maximum Gasteiger partial charge on any atom is 0.416 e. The second kappa shape index (κ2) is 13.4. The van der Waals surface area contributed by atoms with Crippen molar-refractivity contribution in [1.82, 2.24) is 10.2 Å². The number of sulfonamides is 1. The fraction of sp³-hybridized carbons (Fsp3) is 0.310. The molecule has 0 aliphatic heterocycles. The van der Waals surface area contributed by atoms with Crippen LogP contribution in [-0.2, 0) is 38.8 Å². The molecule has 0 heterocycles. The lowest BCUT2D eigenvalue weighted by Gasteiger charge is -2.33. The number of carbonyl (C=O) groups is 2. The third-order valence-electron chi connectivity index (χ3n) is 6.32. The van der Waals surface area contributed by atoms with Crippen molar-refractivity contribution in [2.24, 2.45) is 0 Å². The molecule has 0 radical (unpaired) electrons. The van der Waals surface area contributed by atoms with Crippen LogP contribution in [0.4, 0.5) is 18.9 Å². The molecule has 220 valence electrons. The summed E-state index contributed by atoms with van der Waals surface area (Å²) in [5, 5.41) is 2.45. The Kier molecular flexibility index (Phi) is 10.4. The Bertz CT molecular complexity index is 1470. The Morgan fingerprint density at radius 3 is 2.17 bits per heavy atom. The first-order chi connectivity index (χ1) is 19.2. The van der Waals surface area contributed by atoms with Crippen molar-refractivity contribution in [3.05, 3.63) is 100 Å². The van der Waals surface area contributed by atoms with Gasteiger partial charge in [-0.2, -0.15) is 13.2 Å². The zero-order valence-corrected chi connectivity index (χ0v) is 24.4. The van der Waals surface area contributed by atoms with E-state index in [1.165, 1.54) is 4.90 Å². The van der Waals surface area contributed by atoms with Gasteiger partial charge in [0.15, 0.2) is 0 Å². The van der Waals surface area contributed by atoms with Gasteiger partial charge in [-0.25, -0.2) is 8.42 Å². The summed E-state index contributed by atoms with van der Waals surface area (Å²) in [6, 6.07) is 17.4. The smallest absolute Gasteiger partial charge is 0.355 e. The summed E-state index contributed by atoms with van der Waals surface area (Å²) in [6.45, 7) is 2.97. The third kappa shape index (κ3) is 8.71. The normalized spacial score (nSPS) is 12.5. The summed E-state index contributed by atoms with van der Waals surface area (Å²) in [7, 11) is -4.29. The summed E-state index contributed by atoms with van der Waals surface area (Å²) in [5.41, 5.74) is 0.781. The van der Waals surface area contributed by atoms with Gasteiger partial charge in [0.25, 0.3) is 0 Å². The van der Waals surface area contributed by atoms with Crippen molar-refractivity contribution >= 4 is 39.1 Å². The van der Waals surface area contributed by atoms with Crippen LogP contribution in [0.2, 0.25) is 5.02 Å². The Labute approximate surface area is 243 Å². The first kappa shape index (κ1) is 32.0. The van der Waals surface area contributed by atoms with Gasteiger partial charge in [0.1, 0.15) is 12.6 Å². The molecule has 3 aromatic rings. The van der Waals surface area contributed by atoms with Crippen molar-refractivity contribution in [2.75, 3.05) is 23.7 Å². The number of halogens is 4. The molecule has 0 aliphatic rings. The molecular weight excluding hydrogens is 579 g/mol. The van der Waals surface area contributed by atoms with Crippen molar-refractivity contribution in [3.63, 3.8) is 0 Å². The van der Waals surface area contributed by atoms with Crippen LogP contribution in [0.1, 0.15) is 29.2 Å². The minimum absolute atomic E-state index is 0.0539. The Hall–Kier alpha value is -3.57. The van der Waals surface area contributed by atoms with Crippen LogP contribution >= 0.6 is 11.6 Å².